The topological polar surface area (TPSA) is 55.4 Å². The normalized spacial score (nSPS) is 18.9. The summed E-state index contributed by atoms with van der Waals surface area (Å²) < 4.78 is 44.1. The Kier molecular flexibility index (Phi) is 4.71. The first-order valence-corrected chi connectivity index (χ1v) is 8.37. The number of β-lactam (4-membered cyclic amide) rings is 1. The summed E-state index contributed by atoms with van der Waals surface area (Å²) in [5, 5.41) is 2.64. The first-order valence-electron chi connectivity index (χ1n) is 8.37. The molecule has 1 heterocycles. The van der Waals surface area contributed by atoms with Crippen LogP contribution in [0.4, 0.5) is 13.2 Å². The number of hydrogen-bond acceptors (Lipinski definition) is 3. The Morgan fingerprint density at radius 1 is 1.11 bits per heavy atom. The summed E-state index contributed by atoms with van der Waals surface area (Å²) in [5.41, 5.74) is -0.260. The predicted octanol–water partition coefficient (Wildman–Crippen LogP) is 3.90. The van der Waals surface area contributed by atoms with Crippen LogP contribution in [0.1, 0.15) is 25.0 Å². The Labute approximate surface area is 154 Å². The van der Waals surface area contributed by atoms with Crippen LogP contribution in [0.25, 0.3) is 11.1 Å². The smallest absolute Gasteiger partial charge is 0.416 e. The molecule has 2 aromatic carbocycles. The highest BCUT2D eigenvalue weighted by Crippen LogP contribution is 2.42. The second-order valence-corrected chi connectivity index (χ2v) is 6.62. The molecule has 0 spiro atoms. The van der Waals surface area contributed by atoms with Gasteiger partial charge in [-0.15, -0.1) is 0 Å². The second-order valence-electron chi connectivity index (χ2n) is 6.62. The third-order valence-electron chi connectivity index (χ3n) is 4.80. The van der Waals surface area contributed by atoms with E-state index in [0.29, 0.717) is 23.2 Å². The van der Waals surface area contributed by atoms with Gasteiger partial charge in [-0.2, -0.15) is 13.2 Å². The van der Waals surface area contributed by atoms with Crippen LogP contribution in [0.3, 0.4) is 0 Å². The average Bonchev–Trinajstić information content (AvgIpc) is 2.59. The van der Waals surface area contributed by atoms with Crippen LogP contribution in [0.5, 0.6) is 0 Å². The van der Waals surface area contributed by atoms with Gasteiger partial charge in [0.25, 0.3) is 0 Å². The highest BCUT2D eigenvalue weighted by molar-refractivity contribution is 5.87. The van der Waals surface area contributed by atoms with Crippen LogP contribution in [0.15, 0.2) is 48.5 Å². The lowest BCUT2D eigenvalue weighted by atomic mass is 9.75. The molecule has 1 amide bonds. The van der Waals surface area contributed by atoms with Crippen LogP contribution in [0.2, 0.25) is 0 Å². The summed E-state index contributed by atoms with van der Waals surface area (Å²) in [6.45, 7) is 3.26. The summed E-state index contributed by atoms with van der Waals surface area (Å²) in [5.74, 6) is -1.35. The van der Waals surface area contributed by atoms with Crippen molar-refractivity contribution in [1.82, 2.24) is 5.32 Å². The van der Waals surface area contributed by atoms with E-state index in [1.807, 2.05) is 0 Å². The van der Waals surface area contributed by atoms with Gasteiger partial charge in [0.15, 0.2) is 0 Å². The number of rotatable bonds is 4. The number of benzene rings is 2. The number of carbonyl (C=O) groups excluding carboxylic acids is 2. The van der Waals surface area contributed by atoms with E-state index in [1.165, 1.54) is 19.1 Å². The van der Waals surface area contributed by atoms with Crippen molar-refractivity contribution in [3.05, 3.63) is 59.7 Å². The minimum absolute atomic E-state index is 0.235. The standard InChI is InChI=1S/C20H18F3NO3/c1-12(25)27-19(2,17-11-24-18(17)26)16-6-4-3-5-15(16)13-7-9-14(10-8-13)20(21,22)23/h3-10,17H,11H2,1-2H3,(H,24,26)/t17-,19-/m1/s1. The minimum atomic E-state index is -4.42. The molecule has 1 saturated heterocycles. The number of amides is 1. The van der Waals surface area contributed by atoms with Gasteiger partial charge >= 0.3 is 12.1 Å². The van der Waals surface area contributed by atoms with Gasteiger partial charge in [0.1, 0.15) is 5.60 Å². The molecular weight excluding hydrogens is 359 g/mol. The molecule has 1 aliphatic rings. The van der Waals surface area contributed by atoms with Crippen molar-refractivity contribution in [2.24, 2.45) is 5.92 Å². The van der Waals surface area contributed by atoms with Crippen molar-refractivity contribution in [2.75, 3.05) is 6.54 Å². The SMILES string of the molecule is CC(=O)O[C@](C)(c1ccccc1-c1ccc(C(F)(F)F)cc1)[C@@H]1CNC1=O. The van der Waals surface area contributed by atoms with Gasteiger partial charge in [-0.05, 0) is 30.2 Å². The molecule has 1 aliphatic heterocycles. The lowest BCUT2D eigenvalue weighted by Gasteiger charge is -2.42. The van der Waals surface area contributed by atoms with Gasteiger partial charge < -0.3 is 10.1 Å². The van der Waals surface area contributed by atoms with Crippen molar-refractivity contribution < 1.29 is 27.5 Å². The largest absolute Gasteiger partial charge is 0.454 e. The van der Waals surface area contributed by atoms with Gasteiger partial charge in [-0.3, -0.25) is 9.59 Å². The Hall–Kier alpha value is -2.83. The number of alkyl halides is 3. The fourth-order valence-corrected chi connectivity index (χ4v) is 3.35. The molecular formula is C20H18F3NO3. The van der Waals surface area contributed by atoms with E-state index in [1.54, 1.807) is 31.2 Å². The third kappa shape index (κ3) is 3.54. The van der Waals surface area contributed by atoms with Gasteiger partial charge in [0, 0.05) is 19.0 Å². The molecule has 2 aromatic rings. The monoisotopic (exact) mass is 377 g/mol. The molecule has 0 saturated carbocycles. The number of ether oxygens (including phenoxy) is 1. The summed E-state index contributed by atoms with van der Waals surface area (Å²) in [6.07, 6.45) is -4.42. The fraction of sp³-hybridized carbons (Fsp3) is 0.300. The highest BCUT2D eigenvalue weighted by Gasteiger charge is 2.49. The molecule has 142 valence electrons. The van der Waals surface area contributed by atoms with Crippen molar-refractivity contribution in [1.29, 1.82) is 0 Å². The van der Waals surface area contributed by atoms with Crippen LogP contribution >= 0.6 is 0 Å². The number of halogens is 3. The summed E-state index contributed by atoms with van der Waals surface area (Å²) in [6, 6.07) is 11.7. The summed E-state index contributed by atoms with van der Waals surface area (Å²) in [4.78, 5) is 23.7. The van der Waals surface area contributed by atoms with Crippen LogP contribution in [-0.4, -0.2) is 18.4 Å². The Morgan fingerprint density at radius 3 is 2.22 bits per heavy atom. The molecule has 1 fully saturated rings. The van der Waals surface area contributed by atoms with E-state index in [0.717, 1.165) is 12.1 Å². The molecule has 3 rings (SSSR count). The zero-order chi connectivity index (χ0) is 19.8. The lowest BCUT2D eigenvalue weighted by Crippen LogP contribution is -2.59. The number of hydrogen-bond donors (Lipinski definition) is 1. The quantitative estimate of drug-likeness (QED) is 0.650. The molecule has 0 unspecified atom stereocenters. The first-order chi connectivity index (χ1) is 12.6. The van der Waals surface area contributed by atoms with Crippen molar-refractivity contribution in [3.8, 4) is 11.1 Å². The molecule has 0 aliphatic carbocycles. The molecule has 27 heavy (non-hydrogen) atoms. The second kappa shape index (κ2) is 6.72. The third-order valence-corrected chi connectivity index (χ3v) is 4.80. The van der Waals surface area contributed by atoms with E-state index in [-0.39, 0.29) is 5.91 Å². The van der Waals surface area contributed by atoms with Gasteiger partial charge in [0.2, 0.25) is 5.91 Å². The molecule has 0 radical (unpaired) electrons. The number of carbonyl (C=O) groups is 2. The van der Waals surface area contributed by atoms with Gasteiger partial charge in [0.05, 0.1) is 11.5 Å². The first kappa shape index (κ1) is 18.9. The van der Waals surface area contributed by atoms with E-state index in [2.05, 4.69) is 5.32 Å². The van der Waals surface area contributed by atoms with Crippen molar-refractivity contribution in [2.45, 2.75) is 25.6 Å². The van der Waals surface area contributed by atoms with E-state index >= 15 is 0 Å². The summed E-state index contributed by atoms with van der Waals surface area (Å²) in [7, 11) is 0. The van der Waals surface area contributed by atoms with Gasteiger partial charge in [-0.1, -0.05) is 36.4 Å². The van der Waals surface area contributed by atoms with Crippen LogP contribution < -0.4 is 5.32 Å². The number of nitrogens with one attached hydrogen (secondary N) is 1. The molecule has 0 aromatic heterocycles. The molecule has 4 nitrogen and oxygen atoms in total. The average molecular weight is 377 g/mol. The molecule has 7 heteroatoms. The Morgan fingerprint density at radius 2 is 1.74 bits per heavy atom. The van der Waals surface area contributed by atoms with E-state index < -0.39 is 29.2 Å². The van der Waals surface area contributed by atoms with E-state index in [4.69, 9.17) is 4.74 Å². The Bertz CT molecular complexity index is 877. The van der Waals surface area contributed by atoms with Crippen molar-refractivity contribution >= 4 is 11.9 Å². The van der Waals surface area contributed by atoms with E-state index in [9.17, 15) is 22.8 Å². The minimum Gasteiger partial charge on any atom is -0.454 e. The van der Waals surface area contributed by atoms with Crippen LogP contribution in [-0.2, 0) is 26.1 Å². The molecule has 0 bridgehead atoms. The van der Waals surface area contributed by atoms with Crippen molar-refractivity contribution in [3.63, 3.8) is 0 Å². The zero-order valence-electron chi connectivity index (χ0n) is 14.8. The zero-order valence-corrected chi connectivity index (χ0v) is 14.8. The van der Waals surface area contributed by atoms with Crippen LogP contribution in [0, 0.1) is 5.92 Å². The number of esters is 1. The fourth-order valence-electron chi connectivity index (χ4n) is 3.35. The molecule has 2 atom stereocenters. The molecule has 1 N–H and O–H groups in total. The summed E-state index contributed by atoms with van der Waals surface area (Å²) >= 11 is 0. The maximum absolute atomic E-state index is 12.8. The maximum Gasteiger partial charge on any atom is 0.416 e. The van der Waals surface area contributed by atoms with Gasteiger partial charge in [-0.25, -0.2) is 0 Å². The maximum atomic E-state index is 12.8. The predicted molar refractivity (Wildman–Crippen MR) is 92.5 cm³/mol. The highest BCUT2D eigenvalue weighted by atomic mass is 19.4. The Balaban J connectivity index is 2.09. The lowest BCUT2D eigenvalue weighted by molar-refractivity contribution is -0.170.